The molecule has 3 rings (SSSR count). The number of rotatable bonds is 5. The fraction of sp³-hybridized carbons (Fsp3) is 0.250. The molecule has 0 spiro atoms. The summed E-state index contributed by atoms with van der Waals surface area (Å²) in [6.45, 7) is 4.42. The Morgan fingerprint density at radius 1 is 1.45 bits per heavy atom. The number of H-pyrrole nitrogens is 1. The van der Waals surface area contributed by atoms with Crippen molar-refractivity contribution in [3.63, 3.8) is 0 Å². The normalized spacial score (nSPS) is 16.9. The van der Waals surface area contributed by atoms with Crippen LogP contribution in [-0.2, 0) is 11.3 Å². The Bertz CT molecular complexity index is 709. The van der Waals surface area contributed by atoms with Gasteiger partial charge in [0, 0.05) is 19.2 Å². The van der Waals surface area contributed by atoms with Crippen LogP contribution in [0.15, 0.2) is 36.9 Å². The summed E-state index contributed by atoms with van der Waals surface area (Å²) in [6.07, 6.45) is 1.67. The zero-order valence-electron chi connectivity index (χ0n) is 12.2. The lowest BCUT2D eigenvalue weighted by Gasteiger charge is -2.25. The van der Waals surface area contributed by atoms with E-state index in [1.165, 1.54) is 12.1 Å². The molecular formula is C16H16FN3O2. The molecule has 2 heterocycles. The molecule has 0 fully saturated rings. The van der Waals surface area contributed by atoms with Gasteiger partial charge in [0.05, 0.1) is 18.3 Å². The smallest absolute Gasteiger partial charge is 0.275 e. The Morgan fingerprint density at radius 2 is 2.18 bits per heavy atom. The highest BCUT2D eigenvalue weighted by atomic mass is 19.1. The molecule has 1 unspecified atom stereocenters. The van der Waals surface area contributed by atoms with Crippen LogP contribution < -0.4 is 0 Å². The van der Waals surface area contributed by atoms with Crippen LogP contribution in [0.2, 0.25) is 0 Å². The first kappa shape index (κ1) is 14.5. The number of amides is 1. The van der Waals surface area contributed by atoms with E-state index in [-0.39, 0.29) is 17.8 Å². The van der Waals surface area contributed by atoms with Gasteiger partial charge in [0.1, 0.15) is 5.82 Å². The first-order chi connectivity index (χ1) is 10.7. The van der Waals surface area contributed by atoms with Crippen molar-refractivity contribution < 1.29 is 13.9 Å². The van der Waals surface area contributed by atoms with Gasteiger partial charge in [-0.1, -0.05) is 18.2 Å². The molecule has 5 nitrogen and oxygen atoms in total. The Kier molecular flexibility index (Phi) is 3.77. The van der Waals surface area contributed by atoms with Crippen molar-refractivity contribution in [2.24, 2.45) is 0 Å². The quantitative estimate of drug-likeness (QED) is 0.863. The third kappa shape index (κ3) is 2.21. The SMILES string of the molecule is C=CCN1C(=O)c2n[nH]c(COC)c2C1c1ccc(F)cc1. The maximum atomic E-state index is 13.2. The first-order valence-electron chi connectivity index (χ1n) is 6.90. The third-order valence-electron chi connectivity index (χ3n) is 3.73. The molecule has 6 heteroatoms. The number of hydrogen-bond acceptors (Lipinski definition) is 3. The maximum Gasteiger partial charge on any atom is 0.275 e. The Labute approximate surface area is 127 Å². The highest BCUT2D eigenvalue weighted by molar-refractivity contribution is 5.98. The van der Waals surface area contributed by atoms with Gasteiger partial charge in [-0.15, -0.1) is 6.58 Å². The number of methoxy groups -OCH3 is 1. The fourth-order valence-corrected chi connectivity index (χ4v) is 2.83. The van der Waals surface area contributed by atoms with Gasteiger partial charge in [0.25, 0.3) is 5.91 Å². The zero-order valence-corrected chi connectivity index (χ0v) is 12.2. The summed E-state index contributed by atoms with van der Waals surface area (Å²) in [4.78, 5) is 14.2. The zero-order chi connectivity index (χ0) is 15.7. The summed E-state index contributed by atoms with van der Waals surface area (Å²) < 4.78 is 18.4. The summed E-state index contributed by atoms with van der Waals surface area (Å²) in [5.74, 6) is -0.476. The van der Waals surface area contributed by atoms with Gasteiger partial charge >= 0.3 is 0 Å². The Morgan fingerprint density at radius 3 is 2.82 bits per heavy atom. The molecule has 0 bridgehead atoms. The Hall–Kier alpha value is -2.47. The lowest BCUT2D eigenvalue weighted by molar-refractivity contribution is 0.0763. The van der Waals surface area contributed by atoms with E-state index in [0.717, 1.165) is 16.8 Å². The number of aromatic amines is 1. The van der Waals surface area contributed by atoms with Gasteiger partial charge in [-0.05, 0) is 17.7 Å². The van der Waals surface area contributed by atoms with Crippen molar-refractivity contribution in [3.05, 3.63) is 65.3 Å². The summed E-state index contributed by atoms with van der Waals surface area (Å²) in [5.41, 5.74) is 2.77. The molecule has 0 saturated heterocycles. The van der Waals surface area contributed by atoms with E-state index in [2.05, 4.69) is 16.8 Å². The number of carbonyl (C=O) groups is 1. The first-order valence-corrected chi connectivity index (χ1v) is 6.90. The molecule has 1 aromatic carbocycles. The van der Waals surface area contributed by atoms with Gasteiger partial charge in [-0.2, -0.15) is 5.10 Å². The van der Waals surface area contributed by atoms with Crippen LogP contribution in [0.3, 0.4) is 0 Å². The number of ether oxygens (including phenoxy) is 1. The molecule has 0 saturated carbocycles. The standard InChI is InChI=1S/C16H16FN3O2/c1-3-8-20-15(10-4-6-11(17)7-5-10)13-12(9-22-2)18-19-14(13)16(20)21/h3-7,15H,1,8-9H2,2H3,(H,18,19). The molecule has 1 N–H and O–H groups in total. The van der Waals surface area contributed by atoms with Crippen molar-refractivity contribution >= 4 is 5.91 Å². The van der Waals surface area contributed by atoms with Crippen molar-refractivity contribution in [2.75, 3.05) is 13.7 Å². The molecule has 114 valence electrons. The van der Waals surface area contributed by atoms with Crippen LogP contribution in [0.1, 0.15) is 33.4 Å². The topological polar surface area (TPSA) is 58.2 Å². The minimum atomic E-state index is -0.315. The number of aromatic nitrogens is 2. The van der Waals surface area contributed by atoms with Gasteiger partial charge in [0.2, 0.25) is 0 Å². The largest absolute Gasteiger partial charge is 0.378 e. The molecule has 1 aliphatic rings. The van der Waals surface area contributed by atoms with E-state index in [1.807, 2.05) is 0 Å². The van der Waals surface area contributed by atoms with E-state index in [0.29, 0.717) is 18.8 Å². The summed E-state index contributed by atoms with van der Waals surface area (Å²) >= 11 is 0. The number of nitrogens with zero attached hydrogens (tertiary/aromatic N) is 2. The maximum absolute atomic E-state index is 13.2. The number of benzene rings is 1. The predicted molar refractivity (Wildman–Crippen MR) is 78.8 cm³/mol. The summed E-state index contributed by atoms with van der Waals surface area (Å²) in [5, 5.41) is 6.98. The van der Waals surface area contributed by atoms with Crippen molar-refractivity contribution in [3.8, 4) is 0 Å². The summed E-state index contributed by atoms with van der Waals surface area (Å²) in [7, 11) is 1.58. The molecule has 0 radical (unpaired) electrons. The minimum absolute atomic E-state index is 0.164. The average molecular weight is 301 g/mol. The fourth-order valence-electron chi connectivity index (χ4n) is 2.83. The molecule has 1 amide bonds. The van der Waals surface area contributed by atoms with Gasteiger partial charge in [0.15, 0.2) is 5.69 Å². The second kappa shape index (κ2) is 5.73. The average Bonchev–Trinajstić information content (AvgIpc) is 3.03. The summed E-state index contributed by atoms with van der Waals surface area (Å²) in [6, 6.07) is 5.83. The van der Waals surface area contributed by atoms with Crippen LogP contribution in [0.5, 0.6) is 0 Å². The molecule has 2 aromatic rings. The lowest BCUT2D eigenvalue weighted by Crippen LogP contribution is -2.29. The van der Waals surface area contributed by atoms with E-state index in [9.17, 15) is 9.18 Å². The van der Waals surface area contributed by atoms with Crippen LogP contribution in [0.4, 0.5) is 4.39 Å². The van der Waals surface area contributed by atoms with E-state index in [4.69, 9.17) is 4.74 Å². The van der Waals surface area contributed by atoms with Crippen molar-refractivity contribution in [1.29, 1.82) is 0 Å². The van der Waals surface area contributed by atoms with E-state index >= 15 is 0 Å². The minimum Gasteiger partial charge on any atom is -0.378 e. The van der Waals surface area contributed by atoms with Crippen molar-refractivity contribution in [2.45, 2.75) is 12.6 Å². The molecule has 1 aliphatic heterocycles. The predicted octanol–water partition coefficient (Wildman–Crippen LogP) is 2.43. The van der Waals surface area contributed by atoms with Crippen LogP contribution in [0, 0.1) is 5.82 Å². The monoisotopic (exact) mass is 301 g/mol. The van der Waals surface area contributed by atoms with Crippen LogP contribution >= 0.6 is 0 Å². The van der Waals surface area contributed by atoms with Crippen LogP contribution in [0.25, 0.3) is 0 Å². The molecule has 22 heavy (non-hydrogen) atoms. The highest BCUT2D eigenvalue weighted by Gasteiger charge is 2.41. The molecular weight excluding hydrogens is 285 g/mol. The number of nitrogens with one attached hydrogen (secondary N) is 1. The number of halogens is 1. The second-order valence-electron chi connectivity index (χ2n) is 5.10. The highest BCUT2D eigenvalue weighted by Crippen LogP contribution is 2.39. The van der Waals surface area contributed by atoms with Crippen LogP contribution in [-0.4, -0.2) is 34.7 Å². The molecule has 1 atom stereocenters. The molecule has 0 aliphatic carbocycles. The lowest BCUT2D eigenvalue weighted by atomic mass is 9.99. The number of carbonyl (C=O) groups excluding carboxylic acids is 1. The Balaban J connectivity index is 2.11. The molecule has 1 aromatic heterocycles. The van der Waals surface area contributed by atoms with E-state index < -0.39 is 0 Å². The number of hydrogen-bond donors (Lipinski definition) is 1. The van der Waals surface area contributed by atoms with Crippen molar-refractivity contribution in [1.82, 2.24) is 15.1 Å². The number of fused-ring (bicyclic) bond motifs is 1. The second-order valence-corrected chi connectivity index (χ2v) is 5.10. The van der Waals surface area contributed by atoms with E-state index in [1.54, 1.807) is 30.2 Å². The third-order valence-corrected chi connectivity index (χ3v) is 3.73. The van der Waals surface area contributed by atoms with Gasteiger partial charge in [-0.3, -0.25) is 9.89 Å². The van der Waals surface area contributed by atoms with Gasteiger partial charge < -0.3 is 9.64 Å². The van der Waals surface area contributed by atoms with Gasteiger partial charge in [-0.25, -0.2) is 4.39 Å².